The average Bonchev–Trinajstić information content (AvgIpc) is 3.23. The van der Waals surface area contributed by atoms with Crippen LogP contribution in [0.1, 0.15) is 43.7 Å². The van der Waals surface area contributed by atoms with Crippen LogP contribution in [0.15, 0.2) is 18.2 Å². The molecular formula is C17H26N2. The molecule has 0 unspecified atom stereocenters. The van der Waals surface area contributed by atoms with Crippen molar-refractivity contribution in [3.8, 4) is 0 Å². The van der Waals surface area contributed by atoms with Crippen LogP contribution < -0.4 is 5.32 Å². The van der Waals surface area contributed by atoms with E-state index in [4.69, 9.17) is 0 Å². The fourth-order valence-corrected chi connectivity index (χ4v) is 3.10. The third-order valence-electron chi connectivity index (χ3n) is 4.27. The largest absolute Gasteiger partial charge is 0.385 e. The third kappa shape index (κ3) is 3.50. The van der Waals surface area contributed by atoms with Gasteiger partial charge in [-0.05, 0) is 61.8 Å². The second kappa shape index (κ2) is 5.96. The zero-order valence-electron chi connectivity index (χ0n) is 12.1. The Balaban J connectivity index is 1.66. The third-order valence-corrected chi connectivity index (χ3v) is 4.27. The molecule has 3 rings (SSSR count). The second-order valence-electron chi connectivity index (χ2n) is 6.20. The van der Waals surface area contributed by atoms with E-state index in [9.17, 15) is 0 Å². The smallest absolute Gasteiger partial charge is 0.0372 e. The summed E-state index contributed by atoms with van der Waals surface area (Å²) in [5.74, 6) is 0.992. The Morgan fingerprint density at radius 2 is 2.21 bits per heavy atom. The van der Waals surface area contributed by atoms with E-state index in [0.717, 1.165) is 19.0 Å². The maximum absolute atomic E-state index is 3.50. The molecule has 1 aliphatic carbocycles. The molecule has 0 aromatic heterocycles. The van der Waals surface area contributed by atoms with E-state index in [1.807, 2.05) is 0 Å². The van der Waals surface area contributed by atoms with Gasteiger partial charge in [0.25, 0.3) is 0 Å². The Morgan fingerprint density at radius 1 is 1.32 bits per heavy atom. The molecule has 2 heteroatoms. The Kier molecular flexibility index (Phi) is 4.07. The number of benzene rings is 1. The summed E-state index contributed by atoms with van der Waals surface area (Å²) >= 11 is 0. The van der Waals surface area contributed by atoms with Gasteiger partial charge in [-0.3, -0.25) is 4.90 Å². The highest BCUT2D eigenvalue weighted by Crippen LogP contribution is 2.30. The summed E-state index contributed by atoms with van der Waals surface area (Å²) < 4.78 is 0. The Hall–Kier alpha value is -1.02. The van der Waals surface area contributed by atoms with Crippen LogP contribution in [0.4, 0.5) is 5.69 Å². The minimum atomic E-state index is 0.992. The molecule has 1 aromatic rings. The monoisotopic (exact) mass is 258 g/mol. The van der Waals surface area contributed by atoms with Crippen LogP contribution in [0, 0.1) is 5.92 Å². The predicted molar refractivity (Wildman–Crippen MR) is 81.5 cm³/mol. The SMILES string of the molecule is CCCN(Cc1ccc2c(c1)CCCN2)CC1CC1. The van der Waals surface area contributed by atoms with E-state index in [-0.39, 0.29) is 0 Å². The van der Waals surface area contributed by atoms with Gasteiger partial charge >= 0.3 is 0 Å². The summed E-state index contributed by atoms with van der Waals surface area (Å²) in [6.45, 7) is 7.11. The molecule has 0 saturated heterocycles. The van der Waals surface area contributed by atoms with Gasteiger partial charge in [0.2, 0.25) is 0 Å². The highest BCUT2D eigenvalue weighted by molar-refractivity contribution is 5.54. The van der Waals surface area contributed by atoms with Crippen LogP contribution in [0.2, 0.25) is 0 Å². The predicted octanol–water partition coefficient (Wildman–Crippen LogP) is 3.67. The van der Waals surface area contributed by atoms with Gasteiger partial charge in [-0.15, -0.1) is 0 Å². The van der Waals surface area contributed by atoms with Crippen molar-refractivity contribution in [2.45, 2.75) is 45.6 Å². The molecule has 0 radical (unpaired) electrons. The van der Waals surface area contributed by atoms with E-state index < -0.39 is 0 Å². The van der Waals surface area contributed by atoms with Gasteiger partial charge in [0.1, 0.15) is 0 Å². The van der Waals surface area contributed by atoms with Gasteiger partial charge in [0.15, 0.2) is 0 Å². The molecule has 1 fully saturated rings. The fraction of sp³-hybridized carbons (Fsp3) is 0.647. The molecule has 1 saturated carbocycles. The summed E-state index contributed by atoms with van der Waals surface area (Å²) in [6, 6.07) is 7.02. The standard InChI is InChI=1S/C17H26N2/c1-2-10-19(12-14-5-6-14)13-15-7-8-17-16(11-15)4-3-9-18-17/h7-8,11,14,18H,2-6,9-10,12-13H2,1H3. The Bertz CT molecular complexity index is 423. The fourth-order valence-electron chi connectivity index (χ4n) is 3.10. The lowest BCUT2D eigenvalue weighted by atomic mass is 10.0. The van der Waals surface area contributed by atoms with Gasteiger partial charge in [0, 0.05) is 25.3 Å². The van der Waals surface area contributed by atoms with E-state index in [1.165, 1.54) is 62.0 Å². The van der Waals surface area contributed by atoms with Crippen LogP contribution in [-0.2, 0) is 13.0 Å². The number of hydrogen-bond donors (Lipinski definition) is 1. The maximum Gasteiger partial charge on any atom is 0.0372 e. The van der Waals surface area contributed by atoms with Crippen molar-refractivity contribution in [2.75, 3.05) is 25.0 Å². The normalized spacial score (nSPS) is 18.2. The summed E-state index contributed by atoms with van der Waals surface area (Å²) in [7, 11) is 0. The molecular weight excluding hydrogens is 232 g/mol. The first-order valence-electron chi connectivity index (χ1n) is 7.93. The van der Waals surface area contributed by atoms with Gasteiger partial charge in [0.05, 0.1) is 0 Å². The average molecular weight is 258 g/mol. The molecule has 0 bridgehead atoms. The highest BCUT2D eigenvalue weighted by Gasteiger charge is 2.24. The lowest BCUT2D eigenvalue weighted by molar-refractivity contribution is 0.255. The van der Waals surface area contributed by atoms with Crippen molar-refractivity contribution < 1.29 is 0 Å². The molecule has 1 N–H and O–H groups in total. The zero-order chi connectivity index (χ0) is 13.1. The number of rotatable bonds is 6. The first-order valence-corrected chi connectivity index (χ1v) is 7.93. The van der Waals surface area contributed by atoms with Crippen molar-refractivity contribution in [2.24, 2.45) is 5.92 Å². The number of anilines is 1. The minimum absolute atomic E-state index is 0.992. The van der Waals surface area contributed by atoms with Crippen LogP contribution in [0.25, 0.3) is 0 Å². The Labute approximate surface area is 117 Å². The van der Waals surface area contributed by atoms with Gasteiger partial charge in [-0.2, -0.15) is 0 Å². The molecule has 104 valence electrons. The van der Waals surface area contributed by atoms with Crippen molar-refractivity contribution in [1.29, 1.82) is 0 Å². The van der Waals surface area contributed by atoms with Gasteiger partial charge < -0.3 is 5.32 Å². The first-order chi connectivity index (χ1) is 9.35. The Morgan fingerprint density at radius 3 is 3.00 bits per heavy atom. The van der Waals surface area contributed by atoms with Crippen LogP contribution in [-0.4, -0.2) is 24.5 Å². The highest BCUT2D eigenvalue weighted by atomic mass is 15.1. The molecule has 1 aromatic carbocycles. The minimum Gasteiger partial charge on any atom is -0.385 e. The molecule has 19 heavy (non-hydrogen) atoms. The summed E-state index contributed by atoms with van der Waals surface area (Å²) in [6.07, 6.45) is 6.69. The van der Waals surface area contributed by atoms with Gasteiger partial charge in [-0.1, -0.05) is 19.1 Å². The molecule has 0 atom stereocenters. The van der Waals surface area contributed by atoms with E-state index in [2.05, 4.69) is 35.3 Å². The summed E-state index contributed by atoms with van der Waals surface area (Å²) in [5, 5.41) is 3.50. The lowest BCUT2D eigenvalue weighted by Gasteiger charge is -2.23. The molecule has 0 amide bonds. The summed E-state index contributed by atoms with van der Waals surface area (Å²) in [5.41, 5.74) is 4.38. The van der Waals surface area contributed by atoms with E-state index in [1.54, 1.807) is 0 Å². The van der Waals surface area contributed by atoms with Crippen molar-refractivity contribution >= 4 is 5.69 Å². The molecule has 2 nitrogen and oxygen atoms in total. The van der Waals surface area contributed by atoms with E-state index in [0.29, 0.717) is 0 Å². The molecule has 1 heterocycles. The lowest BCUT2D eigenvalue weighted by Crippen LogP contribution is -2.26. The van der Waals surface area contributed by atoms with Crippen molar-refractivity contribution in [3.63, 3.8) is 0 Å². The maximum atomic E-state index is 3.50. The summed E-state index contributed by atoms with van der Waals surface area (Å²) in [4.78, 5) is 2.65. The van der Waals surface area contributed by atoms with Crippen molar-refractivity contribution in [1.82, 2.24) is 4.90 Å². The first kappa shape index (κ1) is 13.0. The van der Waals surface area contributed by atoms with Gasteiger partial charge in [-0.25, -0.2) is 0 Å². The zero-order valence-corrected chi connectivity index (χ0v) is 12.1. The number of hydrogen-bond acceptors (Lipinski definition) is 2. The molecule has 1 aliphatic heterocycles. The molecule has 0 spiro atoms. The van der Waals surface area contributed by atoms with E-state index >= 15 is 0 Å². The quantitative estimate of drug-likeness (QED) is 0.837. The number of fused-ring (bicyclic) bond motifs is 1. The van der Waals surface area contributed by atoms with Crippen molar-refractivity contribution in [3.05, 3.63) is 29.3 Å². The topological polar surface area (TPSA) is 15.3 Å². The van der Waals surface area contributed by atoms with Crippen LogP contribution in [0.3, 0.4) is 0 Å². The van der Waals surface area contributed by atoms with Crippen LogP contribution in [0.5, 0.6) is 0 Å². The van der Waals surface area contributed by atoms with Crippen LogP contribution >= 0.6 is 0 Å². The second-order valence-corrected chi connectivity index (χ2v) is 6.20. The number of aryl methyl sites for hydroxylation is 1. The molecule has 2 aliphatic rings. The number of nitrogens with zero attached hydrogens (tertiary/aromatic N) is 1. The number of nitrogens with one attached hydrogen (secondary N) is 1.